The number of anilines is 1. The molecule has 2 nitrogen and oxygen atoms in total. The lowest BCUT2D eigenvalue weighted by Crippen LogP contribution is -2.05. The second-order valence-corrected chi connectivity index (χ2v) is 3.54. The van der Waals surface area contributed by atoms with Gasteiger partial charge in [-0.25, -0.2) is 0 Å². The van der Waals surface area contributed by atoms with E-state index >= 15 is 0 Å². The van der Waals surface area contributed by atoms with Crippen LogP contribution < -0.4 is 10.1 Å². The molecule has 84 valence electrons. The third-order valence-electron chi connectivity index (χ3n) is 2.16. The molecule has 0 heterocycles. The highest BCUT2D eigenvalue weighted by Gasteiger charge is 2.10. The Bertz CT molecular complexity index is 326. The molecule has 0 aliphatic carbocycles. The number of halogens is 2. The molecule has 1 rings (SSSR count). The van der Waals surface area contributed by atoms with Gasteiger partial charge in [0.05, 0.1) is 5.69 Å². The van der Waals surface area contributed by atoms with Gasteiger partial charge in [-0.3, -0.25) is 0 Å². The monoisotopic (exact) mass is 215 g/mol. The molecule has 0 saturated heterocycles. The quantitative estimate of drug-likeness (QED) is 0.830. The van der Waals surface area contributed by atoms with Crippen molar-refractivity contribution < 1.29 is 13.5 Å². The summed E-state index contributed by atoms with van der Waals surface area (Å²) in [5.41, 5.74) is 1.67. The van der Waals surface area contributed by atoms with Crippen molar-refractivity contribution in [2.75, 3.05) is 12.4 Å². The minimum atomic E-state index is -2.79. The van der Waals surface area contributed by atoms with Gasteiger partial charge in [0.25, 0.3) is 0 Å². The maximum Gasteiger partial charge on any atom is 0.387 e. The van der Waals surface area contributed by atoms with Crippen LogP contribution in [0.4, 0.5) is 14.5 Å². The predicted octanol–water partition coefficient (Wildman–Crippen LogP) is 3.45. The van der Waals surface area contributed by atoms with E-state index in [0.717, 1.165) is 5.56 Å². The summed E-state index contributed by atoms with van der Waals surface area (Å²) in [7, 11) is 1.68. The van der Waals surface area contributed by atoms with Crippen molar-refractivity contribution in [3.8, 4) is 5.75 Å². The number of rotatable bonds is 4. The van der Waals surface area contributed by atoms with Crippen LogP contribution >= 0.6 is 0 Å². The summed E-state index contributed by atoms with van der Waals surface area (Å²) >= 11 is 0. The molecular weight excluding hydrogens is 200 g/mol. The maximum atomic E-state index is 12.0. The van der Waals surface area contributed by atoms with E-state index in [1.165, 1.54) is 0 Å². The molecule has 0 fully saturated rings. The summed E-state index contributed by atoms with van der Waals surface area (Å²) < 4.78 is 28.5. The van der Waals surface area contributed by atoms with Crippen LogP contribution in [0.2, 0.25) is 0 Å². The Kier molecular flexibility index (Phi) is 3.88. The molecule has 0 spiro atoms. The minimum absolute atomic E-state index is 0.178. The van der Waals surface area contributed by atoms with E-state index in [0.29, 0.717) is 11.6 Å². The van der Waals surface area contributed by atoms with Gasteiger partial charge in [-0.15, -0.1) is 0 Å². The SMILES string of the molecule is CNc1cc(C(C)C)ccc1OC(F)F. The molecule has 4 heteroatoms. The van der Waals surface area contributed by atoms with E-state index < -0.39 is 6.61 Å². The standard InChI is InChI=1S/C11H15F2NO/c1-7(2)8-4-5-10(15-11(12)13)9(6-8)14-3/h4-7,11,14H,1-3H3. The normalized spacial score (nSPS) is 10.9. The van der Waals surface area contributed by atoms with Crippen LogP contribution in [0.25, 0.3) is 0 Å². The number of alkyl halides is 2. The summed E-state index contributed by atoms with van der Waals surface area (Å²) in [5, 5.41) is 2.84. The van der Waals surface area contributed by atoms with Crippen molar-refractivity contribution in [1.82, 2.24) is 0 Å². The van der Waals surface area contributed by atoms with E-state index in [9.17, 15) is 8.78 Å². The molecule has 0 saturated carbocycles. The van der Waals surface area contributed by atoms with Gasteiger partial charge in [0.2, 0.25) is 0 Å². The van der Waals surface area contributed by atoms with Crippen molar-refractivity contribution in [3.05, 3.63) is 23.8 Å². The number of benzene rings is 1. The zero-order chi connectivity index (χ0) is 11.4. The van der Waals surface area contributed by atoms with Crippen molar-refractivity contribution in [2.24, 2.45) is 0 Å². The lowest BCUT2D eigenvalue weighted by molar-refractivity contribution is -0.0493. The van der Waals surface area contributed by atoms with Crippen molar-refractivity contribution in [1.29, 1.82) is 0 Å². The molecular formula is C11H15F2NO. The van der Waals surface area contributed by atoms with Crippen molar-refractivity contribution in [3.63, 3.8) is 0 Å². The zero-order valence-corrected chi connectivity index (χ0v) is 9.05. The van der Waals surface area contributed by atoms with Crippen LogP contribution in [0, 0.1) is 0 Å². The van der Waals surface area contributed by atoms with Crippen LogP contribution in [0.5, 0.6) is 5.75 Å². The fraction of sp³-hybridized carbons (Fsp3) is 0.455. The second-order valence-electron chi connectivity index (χ2n) is 3.54. The minimum Gasteiger partial charge on any atom is -0.433 e. The third kappa shape index (κ3) is 3.08. The topological polar surface area (TPSA) is 21.3 Å². The number of ether oxygens (including phenoxy) is 1. The summed E-state index contributed by atoms with van der Waals surface area (Å²) in [6, 6.07) is 5.18. The first-order valence-corrected chi connectivity index (χ1v) is 4.81. The van der Waals surface area contributed by atoms with E-state index in [-0.39, 0.29) is 5.75 Å². The first-order chi connectivity index (χ1) is 7.04. The van der Waals surface area contributed by atoms with Crippen molar-refractivity contribution in [2.45, 2.75) is 26.4 Å². The summed E-state index contributed by atoms with van der Waals surface area (Å²) in [5.74, 6) is 0.537. The van der Waals surface area contributed by atoms with Crippen LogP contribution in [0.1, 0.15) is 25.3 Å². The van der Waals surface area contributed by atoms with Gasteiger partial charge in [-0.1, -0.05) is 19.9 Å². The Morgan fingerprint density at radius 1 is 1.27 bits per heavy atom. The molecule has 0 aromatic heterocycles. The predicted molar refractivity (Wildman–Crippen MR) is 56.7 cm³/mol. The average molecular weight is 215 g/mol. The fourth-order valence-electron chi connectivity index (χ4n) is 1.30. The Labute approximate surface area is 88.3 Å². The highest BCUT2D eigenvalue weighted by Crippen LogP contribution is 2.29. The van der Waals surface area contributed by atoms with E-state index in [1.807, 2.05) is 19.9 Å². The summed E-state index contributed by atoms with van der Waals surface area (Å²) in [4.78, 5) is 0. The van der Waals surface area contributed by atoms with Gasteiger partial charge in [-0.05, 0) is 23.6 Å². The fourth-order valence-corrected chi connectivity index (χ4v) is 1.30. The molecule has 0 atom stereocenters. The van der Waals surface area contributed by atoms with Gasteiger partial charge in [0.1, 0.15) is 5.75 Å². The highest BCUT2D eigenvalue weighted by atomic mass is 19.3. The van der Waals surface area contributed by atoms with E-state index in [4.69, 9.17) is 0 Å². The highest BCUT2D eigenvalue weighted by molar-refractivity contribution is 5.58. The molecule has 0 unspecified atom stereocenters. The summed E-state index contributed by atoms with van der Waals surface area (Å²) in [6.45, 7) is 1.30. The Morgan fingerprint density at radius 2 is 1.93 bits per heavy atom. The lowest BCUT2D eigenvalue weighted by atomic mass is 10.0. The lowest BCUT2D eigenvalue weighted by Gasteiger charge is -2.13. The molecule has 0 bridgehead atoms. The van der Waals surface area contributed by atoms with E-state index in [1.54, 1.807) is 19.2 Å². The average Bonchev–Trinajstić information content (AvgIpc) is 2.17. The van der Waals surface area contributed by atoms with Crippen LogP contribution in [-0.4, -0.2) is 13.7 Å². The van der Waals surface area contributed by atoms with Gasteiger partial charge < -0.3 is 10.1 Å². The molecule has 0 amide bonds. The Balaban J connectivity index is 2.98. The van der Waals surface area contributed by atoms with Gasteiger partial charge in [0.15, 0.2) is 0 Å². The zero-order valence-electron chi connectivity index (χ0n) is 9.05. The second kappa shape index (κ2) is 4.96. The molecule has 15 heavy (non-hydrogen) atoms. The maximum absolute atomic E-state index is 12.0. The first-order valence-electron chi connectivity index (χ1n) is 4.81. The van der Waals surface area contributed by atoms with E-state index in [2.05, 4.69) is 10.1 Å². The number of hydrogen-bond donors (Lipinski definition) is 1. The molecule has 0 aliphatic rings. The first kappa shape index (κ1) is 11.8. The molecule has 1 aromatic carbocycles. The largest absolute Gasteiger partial charge is 0.433 e. The third-order valence-corrected chi connectivity index (χ3v) is 2.16. The van der Waals surface area contributed by atoms with Gasteiger partial charge >= 0.3 is 6.61 Å². The van der Waals surface area contributed by atoms with Gasteiger partial charge in [-0.2, -0.15) is 8.78 Å². The Hall–Kier alpha value is -1.32. The van der Waals surface area contributed by atoms with Crippen LogP contribution in [-0.2, 0) is 0 Å². The van der Waals surface area contributed by atoms with Crippen molar-refractivity contribution >= 4 is 5.69 Å². The Morgan fingerprint density at radius 3 is 2.40 bits per heavy atom. The molecule has 1 N–H and O–H groups in total. The molecule has 1 aromatic rings. The number of nitrogens with one attached hydrogen (secondary N) is 1. The smallest absolute Gasteiger partial charge is 0.387 e. The van der Waals surface area contributed by atoms with Crippen LogP contribution in [0.3, 0.4) is 0 Å². The summed E-state index contributed by atoms with van der Waals surface area (Å²) in [6.07, 6.45) is 0. The van der Waals surface area contributed by atoms with Gasteiger partial charge in [0, 0.05) is 7.05 Å². The molecule has 0 radical (unpaired) electrons. The molecule has 0 aliphatic heterocycles. The van der Waals surface area contributed by atoms with Crippen LogP contribution in [0.15, 0.2) is 18.2 Å². The number of hydrogen-bond acceptors (Lipinski definition) is 2.